The number of primary sulfonamides is 1. The summed E-state index contributed by atoms with van der Waals surface area (Å²) in [5.41, 5.74) is 7.57. The van der Waals surface area contributed by atoms with E-state index in [2.05, 4.69) is 12.2 Å². The lowest BCUT2D eigenvalue weighted by molar-refractivity contribution is 0.596. The zero-order chi connectivity index (χ0) is 14.2. The summed E-state index contributed by atoms with van der Waals surface area (Å²) >= 11 is 0. The molecule has 0 spiro atoms. The van der Waals surface area contributed by atoms with Crippen LogP contribution in [0.2, 0.25) is 0 Å². The van der Waals surface area contributed by atoms with Crippen molar-refractivity contribution in [3.8, 4) is 0 Å². The number of hydrogen-bond donors (Lipinski definition) is 3. The fraction of sp³-hybridized carbons (Fsp3) is 0.538. The number of anilines is 2. The zero-order valence-electron chi connectivity index (χ0n) is 11.3. The first-order chi connectivity index (χ1) is 8.77. The number of nitrogen functional groups attached to an aromatic ring is 1. The first-order valence-electron chi connectivity index (χ1n) is 6.47. The number of rotatable bonds is 3. The van der Waals surface area contributed by atoms with Gasteiger partial charge in [0.15, 0.2) is 0 Å². The Morgan fingerprint density at radius 3 is 2.53 bits per heavy atom. The normalized spacial score (nSPS) is 23.5. The maximum Gasteiger partial charge on any atom is 0.238 e. The Bertz CT molecular complexity index is 584. The largest absolute Gasteiger partial charge is 0.399 e. The second kappa shape index (κ2) is 5.02. The Labute approximate surface area is 114 Å². The fourth-order valence-corrected chi connectivity index (χ4v) is 3.55. The van der Waals surface area contributed by atoms with Gasteiger partial charge in [-0.3, -0.25) is 0 Å². The van der Waals surface area contributed by atoms with Crippen molar-refractivity contribution in [1.82, 2.24) is 0 Å². The third kappa shape index (κ3) is 3.19. The van der Waals surface area contributed by atoms with E-state index in [1.54, 1.807) is 13.0 Å². The molecule has 1 aliphatic carbocycles. The highest BCUT2D eigenvalue weighted by Gasteiger charge is 2.23. The summed E-state index contributed by atoms with van der Waals surface area (Å²) in [4.78, 5) is 0.0982. The fourth-order valence-electron chi connectivity index (χ4n) is 2.71. The van der Waals surface area contributed by atoms with Crippen molar-refractivity contribution in [2.45, 2.75) is 44.0 Å². The molecule has 5 nitrogen and oxygen atoms in total. The Kier molecular flexibility index (Phi) is 3.73. The minimum atomic E-state index is -3.74. The molecule has 0 bridgehead atoms. The average molecular weight is 283 g/mol. The summed E-state index contributed by atoms with van der Waals surface area (Å²) in [5.74, 6) is 0.705. The third-order valence-electron chi connectivity index (χ3n) is 3.74. The molecule has 1 saturated carbocycles. The van der Waals surface area contributed by atoms with Crippen LogP contribution in [0.3, 0.4) is 0 Å². The van der Waals surface area contributed by atoms with Crippen molar-refractivity contribution in [3.05, 3.63) is 17.7 Å². The van der Waals surface area contributed by atoms with Crippen LogP contribution in [0, 0.1) is 12.8 Å². The molecular weight excluding hydrogens is 262 g/mol. The van der Waals surface area contributed by atoms with Crippen molar-refractivity contribution in [2.24, 2.45) is 11.1 Å². The lowest BCUT2D eigenvalue weighted by atomic mass is 10.1. The highest BCUT2D eigenvalue weighted by molar-refractivity contribution is 7.89. The SMILES string of the molecule is Cc1c(NC2CCC(C)C2)cc(N)cc1S(N)(=O)=O. The van der Waals surface area contributed by atoms with Crippen molar-refractivity contribution in [2.75, 3.05) is 11.1 Å². The summed E-state index contributed by atoms with van der Waals surface area (Å²) in [6.45, 7) is 3.98. The number of nitrogens with one attached hydrogen (secondary N) is 1. The molecule has 106 valence electrons. The van der Waals surface area contributed by atoms with Gasteiger partial charge in [-0.25, -0.2) is 13.6 Å². The van der Waals surface area contributed by atoms with Crippen LogP contribution in [0.1, 0.15) is 31.7 Å². The van der Waals surface area contributed by atoms with E-state index < -0.39 is 10.0 Å². The van der Waals surface area contributed by atoms with Crippen LogP contribution < -0.4 is 16.2 Å². The quantitative estimate of drug-likeness (QED) is 0.737. The third-order valence-corrected chi connectivity index (χ3v) is 4.78. The van der Waals surface area contributed by atoms with Crippen molar-refractivity contribution < 1.29 is 8.42 Å². The molecule has 2 unspecified atom stereocenters. The Morgan fingerprint density at radius 1 is 1.32 bits per heavy atom. The van der Waals surface area contributed by atoms with Gasteiger partial charge in [-0.2, -0.15) is 0 Å². The minimum absolute atomic E-state index is 0.0982. The van der Waals surface area contributed by atoms with Gasteiger partial charge in [0.05, 0.1) is 4.90 Å². The van der Waals surface area contributed by atoms with Crippen LogP contribution in [0.5, 0.6) is 0 Å². The van der Waals surface area contributed by atoms with Gasteiger partial charge in [-0.1, -0.05) is 6.92 Å². The molecule has 1 aliphatic rings. The molecule has 0 amide bonds. The Hall–Kier alpha value is -1.27. The lowest BCUT2D eigenvalue weighted by Crippen LogP contribution is -2.19. The number of nitrogens with two attached hydrogens (primary N) is 2. The number of sulfonamides is 1. The van der Waals surface area contributed by atoms with Crippen LogP contribution in [0.25, 0.3) is 0 Å². The predicted molar refractivity (Wildman–Crippen MR) is 77.4 cm³/mol. The maximum absolute atomic E-state index is 11.5. The summed E-state index contributed by atoms with van der Waals surface area (Å²) in [6.07, 6.45) is 3.39. The Morgan fingerprint density at radius 2 is 2.00 bits per heavy atom. The van der Waals surface area contributed by atoms with E-state index in [4.69, 9.17) is 10.9 Å². The van der Waals surface area contributed by atoms with E-state index >= 15 is 0 Å². The molecule has 2 atom stereocenters. The van der Waals surface area contributed by atoms with Gasteiger partial charge >= 0.3 is 0 Å². The molecule has 0 saturated heterocycles. The second-order valence-electron chi connectivity index (χ2n) is 5.50. The van der Waals surface area contributed by atoms with Gasteiger partial charge in [-0.05, 0) is 49.8 Å². The topological polar surface area (TPSA) is 98.2 Å². The van der Waals surface area contributed by atoms with Crippen LogP contribution in [0.15, 0.2) is 17.0 Å². The summed E-state index contributed by atoms with van der Waals surface area (Å²) in [7, 11) is -3.74. The van der Waals surface area contributed by atoms with Gasteiger partial charge in [0.1, 0.15) is 0 Å². The highest BCUT2D eigenvalue weighted by atomic mass is 32.2. The minimum Gasteiger partial charge on any atom is -0.399 e. The van der Waals surface area contributed by atoms with Gasteiger partial charge in [0.25, 0.3) is 0 Å². The van der Waals surface area contributed by atoms with Crippen LogP contribution in [-0.4, -0.2) is 14.5 Å². The molecule has 1 aromatic carbocycles. The molecule has 0 aromatic heterocycles. The monoisotopic (exact) mass is 283 g/mol. The summed E-state index contributed by atoms with van der Waals surface area (Å²) < 4.78 is 23.1. The van der Waals surface area contributed by atoms with Crippen LogP contribution in [-0.2, 0) is 10.0 Å². The van der Waals surface area contributed by atoms with Crippen molar-refractivity contribution >= 4 is 21.4 Å². The van der Waals surface area contributed by atoms with Gasteiger partial charge in [-0.15, -0.1) is 0 Å². The van der Waals surface area contributed by atoms with E-state index in [0.717, 1.165) is 18.5 Å². The average Bonchev–Trinajstić information content (AvgIpc) is 2.67. The van der Waals surface area contributed by atoms with Gasteiger partial charge in [0.2, 0.25) is 10.0 Å². The predicted octanol–water partition coefficient (Wildman–Crippen LogP) is 1.83. The molecular formula is C13H21N3O2S. The van der Waals surface area contributed by atoms with E-state index in [9.17, 15) is 8.42 Å². The first-order valence-corrected chi connectivity index (χ1v) is 8.01. The highest BCUT2D eigenvalue weighted by Crippen LogP contribution is 2.31. The maximum atomic E-state index is 11.5. The molecule has 19 heavy (non-hydrogen) atoms. The van der Waals surface area contributed by atoms with Crippen molar-refractivity contribution in [3.63, 3.8) is 0 Å². The van der Waals surface area contributed by atoms with E-state index in [1.807, 2.05) is 0 Å². The van der Waals surface area contributed by atoms with E-state index in [0.29, 0.717) is 23.2 Å². The van der Waals surface area contributed by atoms with Gasteiger partial charge < -0.3 is 11.1 Å². The molecule has 0 heterocycles. The lowest BCUT2D eigenvalue weighted by Gasteiger charge is -2.18. The van der Waals surface area contributed by atoms with Gasteiger partial charge in [0, 0.05) is 17.4 Å². The van der Waals surface area contributed by atoms with Crippen molar-refractivity contribution in [1.29, 1.82) is 0 Å². The van der Waals surface area contributed by atoms with Crippen LogP contribution >= 0.6 is 0 Å². The zero-order valence-corrected chi connectivity index (χ0v) is 12.1. The molecule has 0 radical (unpaired) electrons. The smallest absolute Gasteiger partial charge is 0.238 e. The molecule has 1 fully saturated rings. The number of benzene rings is 1. The van der Waals surface area contributed by atoms with E-state index in [1.165, 1.54) is 12.5 Å². The summed E-state index contributed by atoms with van der Waals surface area (Å²) in [5, 5.41) is 8.61. The Balaban J connectivity index is 2.33. The first kappa shape index (κ1) is 14.1. The molecule has 0 aliphatic heterocycles. The molecule has 5 N–H and O–H groups in total. The number of hydrogen-bond acceptors (Lipinski definition) is 4. The molecule has 2 rings (SSSR count). The standard InChI is InChI=1S/C13H21N3O2S/c1-8-3-4-11(5-8)16-12-6-10(14)7-13(9(12)2)19(15,17)18/h6-8,11,16H,3-5,14H2,1-2H3,(H2,15,17,18). The second-order valence-corrected chi connectivity index (χ2v) is 7.03. The molecule has 1 aromatic rings. The van der Waals surface area contributed by atoms with E-state index in [-0.39, 0.29) is 4.90 Å². The molecule has 6 heteroatoms. The summed E-state index contributed by atoms with van der Waals surface area (Å²) in [6, 6.07) is 3.56. The van der Waals surface area contributed by atoms with Crippen LogP contribution in [0.4, 0.5) is 11.4 Å².